The van der Waals surface area contributed by atoms with Crippen molar-refractivity contribution < 1.29 is 9.59 Å². The maximum atomic E-state index is 11.9. The lowest BCUT2D eigenvalue weighted by molar-refractivity contribution is -0.115. The maximum Gasteiger partial charge on any atom is 0.228 e. The van der Waals surface area contributed by atoms with Crippen LogP contribution in [-0.4, -0.2) is 36.1 Å². The molecule has 0 amide bonds. The lowest BCUT2D eigenvalue weighted by Crippen LogP contribution is -2.31. The smallest absolute Gasteiger partial charge is 0.228 e. The Bertz CT molecular complexity index is 422. The molecular weight excluding hydrogens is 238 g/mol. The minimum Gasteiger partial charge on any atom is -0.303 e. The number of nitrogens with zero attached hydrogens (tertiary/aromatic N) is 1. The average molecular weight is 259 g/mol. The first-order chi connectivity index (χ1) is 9.27. The summed E-state index contributed by atoms with van der Waals surface area (Å²) >= 11 is 0. The van der Waals surface area contributed by atoms with Gasteiger partial charge in [-0.15, -0.1) is 0 Å². The summed E-state index contributed by atoms with van der Waals surface area (Å²) in [5.41, 5.74) is 0.505. The van der Waals surface area contributed by atoms with Gasteiger partial charge in [0.25, 0.3) is 0 Å². The van der Waals surface area contributed by atoms with Gasteiger partial charge in [-0.05, 0) is 38.9 Å². The van der Waals surface area contributed by atoms with Gasteiger partial charge in [0.15, 0.2) is 0 Å². The second kappa shape index (κ2) is 7.19. The molecule has 3 heteroatoms. The highest BCUT2D eigenvalue weighted by Gasteiger charge is 2.16. The highest BCUT2D eigenvalue weighted by Crippen LogP contribution is 2.10. The Morgan fingerprint density at radius 1 is 1.00 bits per heavy atom. The number of hydrogen-bond donors (Lipinski definition) is 0. The first kappa shape index (κ1) is 13.9. The van der Waals surface area contributed by atoms with Crippen LogP contribution >= 0.6 is 0 Å². The average Bonchev–Trinajstić information content (AvgIpc) is 2.48. The van der Waals surface area contributed by atoms with Crippen LogP contribution in [-0.2, 0) is 4.79 Å². The predicted molar refractivity (Wildman–Crippen MR) is 75.3 cm³/mol. The molecule has 0 aliphatic carbocycles. The monoisotopic (exact) mass is 259 g/mol. The van der Waals surface area contributed by atoms with Gasteiger partial charge in [0.1, 0.15) is 0 Å². The lowest BCUT2D eigenvalue weighted by atomic mass is 10.0. The van der Waals surface area contributed by atoms with Crippen LogP contribution in [0.3, 0.4) is 0 Å². The van der Waals surface area contributed by atoms with Crippen LogP contribution in [0.25, 0.3) is 0 Å². The molecule has 3 nitrogen and oxygen atoms in total. The normalized spacial score (nSPS) is 16.2. The van der Waals surface area contributed by atoms with E-state index in [2.05, 4.69) is 4.90 Å². The Kier molecular flexibility index (Phi) is 5.28. The van der Waals surface area contributed by atoms with Crippen molar-refractivity contribution in [2.75, 3.05) is 19.6 Å². The molecule has 0 radical (unpaired) electrons. The first-order valence-electron chi connectivity index (χ1n) is 7.12. The van der Waals surface area contributed by atoms with Gasteiger partial charge in [-0.1, -0.05) is 36.8 Å². The minimum absolute atomic E-state index is 0.261. The van der Waals surface area contributed by atoms with Crippen molar-refractivity contribution in [3.63, 3.8) is 0 Å². The van der Waals surface area contributed by atoms with Gasteiger partial charge in [-0.25, -0.2) is 0 Å². The number of Topliss-reactive ketones (excluding diaryl/α,β-unsaturated/α-hetero) is 2. The number of carbonyl (C=O) groups is 2. The Labute approximate surface area is 114 Å². The van der Waals surface area contributed by atoms with Crippen LogP contribution in [0.5, 0.6) is 0 Å². The largest absolute Gasteiger partial charge is 0.303 e. The first-order valence-corrected chi connectivity index (χ1v) is 7.12. The van der Waals surface area contributed by atoms with E-state index in [1.165, 1.54) is 19.3 Å². The van der Waals surface area contributed by atoms with E-state index in [0.717, 1.165) is 26.1 Å². The van der Waals surface area contributed by atoms with E-state index in [0.29, 0.717) is 12.0 Å². The zero-order valence-corrected chi connectivity index (χ0v) is 11.3. The van der Waals surface area contributed by atoms with Crippen molar-refractivity contribution in [2.24, 2.45) is 0 Å². The topological polar surface area (TPSA) is 37.4 Å². The molecule has 102 valence electrons. The van der Waals surface area contributed by atoms with Crippen LogP contribution in [0.1, 0.15) is 42.5 Å². The third kappa shape index (κ3) is 4.28. The number of benzene rings is 1. The maximum absolute atomic E-state index is 11.9. The summed E-state index contributed by atoms with van der Waals surface area (Å²) in [5.74, 6) is -0.609. The third-order valence-electron chi connectivity index (χ3n) is 3.62. The van der Waals surface area contributed by atoms with Crippen LogP contribution in [0.4, 0.5) is 0 Å². The summed E-state index contributed by atoms with van der Waals surface area (Å²) in [7, 11) is 0. The van der Waals surface area contributed by atoms with Crippen molar-refractivity contribution in [1.29, 1.82) is 0 Å². The minimum atomic E-state index is -0.348. The Morgan fingerprint density at radius 2 is 1.68 bits per heavy atom. The summed E-state index contributed by atoms with van der Waals surface area (Å²) in [5, 5.41) is 0. The van der Waals surface area contributed by atoms with Crippen molar-refractivity contribution in [2.45, 2.75) is 32.1 Å². The Morgan fingerprint density at radius 3 is 2.37 bits per heavy atom. The molecule has 0 spiro atoms. The second-order valence-electron chi connectivity index (χ2n) is 5.12. The highest BCUT2D eigenvalue weighted by molar-refractivity contribution is 6.43. The van der Waals surface area contributed by atoms with Crippen LogP contribution in [0.2, 0.25) is 0 Å². The van der Waals surface area contributed by atoms with E-state index < -0.39 is 0 Å². The van der Waals surface area contributed by atoms with E-state index in [9.17, 15) is 9.59 Å². The fourth-order valence-corrected chi connectivity index (χ4v) is 2.51. The lowest BCUT2D eigenvalue weighted by Gasteiger charge is -2.26. The highest BCUT2D eigenvalue weighted by atomic mass is 16.2. The van der Waals surface area contributed by atoms with E-state index in [1.807, 2.05) is 6.07 Å². The molecule has 1 saturated heterocycles. The molecule has 0 unspecified atom stereocenters. The summed E-state index contributed by atoms with van der Waals surface area (Å²) in [6.45, 7) is 3.22. The number of likely N-dealkylation sites (tertiary alicyclic amines) is 1. The zero-order chi connectivity index (χ0) is 13.5. The molecule has 0 bridgehead atoms. The fourth-order valence-electron chi connectivity index (χ4n) is 2.51. The van der Waals surface area contributed by atoms with Crippen LogP contribution in [0.15, 0.2) is 30.3 Å². The van der Waals surface area contributed by atoms with Gasteiger partial charge in [0, 0.05) is 12.0 Å². The number of hydrogen-bond acceptors (Lipinski definition) is 3. The van der Waals surface area contributed by atoms with Crippen LogP contribution < -0.4 is 0 Å². The summed E-state index contributed by atoms with van der Waals surface area (Å²) < 4.78 is 0. The standard InChI is InChI=1S/C16H21NO2/c18-15(16(19)14-8-3-1-4-9-14)10-7-13-17-11-5-2-6-12-17/h1,3-4,8-9H,2,5-7,10-13H2. The number of piperidine rings is 1. The molecular formula is C16H21NO2. The molecule has 0 aromatic heterocycles. The molecule has 0 N–H and O–H groups in total. The SMILES string of the molecule is O=C(CCCN1CCCCC1)C(=O)c1ccccc1. The van der Waals surface area contributed by atoms with Crippen molar-refractivity contribution in [3.05, 3.63) is 35.9 Å². The summed E-state index contributed by atoms with van der Waals surface area (Å²) in [4.78, 5) is 26.1. The molecule has 0 atom stereocenters. The number of carbonyl (C=O) groups excluding carboxylic acids is 2. The van der Waals surface area contributed by atoms with Gasteiger partial charge in [-0.2, -0.15) is 0 Å². The van der Waals surface area contributed by atoms with E-state index >= 15 is 0 Å². The molecule has 1 fully saturated rings. The molecule has 1 heterocycles. The fraction of sp³-hybridized carbons (Fsp3) is 0.500. The summed E-state index contributed by atoms with van der Waals surface area (Å²) in [6, 6.07) is 8.82. The van der Waals surface area contributed by atoms with Crippen LogP contribution in [0, 0.1) is 0 Å². The summed E-state index contributed by atoms with van der Waals surface area (Å²) in [6.07, 6.45) is 5.00. The van der Waals surface area contributed by atoms with Gasteiger partial charge >= 0.3 is 0 Å². The molecule has 2 rings (SSSR count). The van der Waals surface area contributed by atoms with Gasteiger partial charge in [-0.3, -0.25) is 9.59 Å². The molecule has 1 aromatic carbocycles. The van der Waals surface area contributed by atoms with E-state index in [-0.39, 0.29) is 11.6 Å². The zero-order valence-electron chi connectivity index (χ0n) is 11.3. The third-order valence-corrected chi connectivity index (χ3v) is 3.62. The van der Waals surface area contributed by atoms with Crippen molar-refractivity contribution in [1.82, 2.24) is 4.90 Å². The molecule has 19 heavy (non-hydrogen) atoms. The quantitative estimate of drug-likeness (QED) is 0.582. The molecule has 1 aliphatic rings. The van der Waals surface area contributed by atoms with E-state index in [4.69, 9.17) is 0 Å². The van der Waals surface area contributed by atoms with Crippen molar-refractivity contribution in [3.8, 4) is 0 Å². The number of rotatable bonds is 6. The molecule has 1 aromatic rings. The predicted octanol–water partition coefficient (Wildman–Crippen LogP) is 2.70. The van der Waals surface area contributed by atoms with Crippen molar-refractivity contribution >= 4 is 11.6 Å². The number of ketones is 2. The second-order valence-corrected chi connectivity index (χ2v) is 5.12. The van der Waals surface area contributed by atoms with E-state index in [1.54, 1.807) is 24.3 Å². The van der Waals surface area contributed by atoms with Gasteiger partial charge in [0.2, 0.25) is 11.6 Å². The van der Waals surface area contributed by atoms with Gasteiger partial charge in [0.05, 0.1) is 0 Å². The molecule has 1 aliphatic heterocycles. The molecule has 0 saturated carbocycles. The Hall–Kier alpha value is -1.48. The van der Waals surface area contributed by atoms with Gasteiger partial charge < -0.3 is 4.90 Å². The Balaban J connectivity index is 1.73.